The molecule has 0 aliphatic carbocycles. The van der Waals surface area contributed by atoms with Gasteiger partial charge in [-0.15, -0.1) is 5.11 Å². The molecule has 104 valence electrons. The minimum atomic E-state index is -0.231. The van der Waals surface area contributed by atoms with Gasteiger partial charge in [-0.2, -0.15) is 10.4 Å². The number of nitrogens with zero attached hydrogens (tertiary/aromatic N) is 3. The smallest absolute Gasteiger partial charge is 0.163 e. The zero-order valence-electron chi connectivity index (χ0n) is 11.7. The lowest BCUT2D eigenvalue weighted by Crippen LogP contribution is -1.93. The lowest BCUT2D eigenvalue weighted by molar-refractivity contribution is 0.101. The van der Waals surface area contributed by atoms with Crippen molar-refractivity contribution in [2.24, 2.45) is 10.2 Å². The summed E-state index contributed by atoms with van der Waals surface area (Å²) in [5.74, 6) is -0.406. The lowest BCUT2D eigenvalue weighted by atomic mass is 10.1. The highest BCUT2D eigenvalue weighted by atomic mass is 16.3. The van der Waals surface area contributed by atoms with Crippen LogP contribution in [-0.2, 0) is 0 Å². The van der Waals surface area contributed by atoms with Crippen LogP contribution in [0, 0.1) is 18.3 Å². The number of rotatable bonds is 3. The number of aromatic hydroxyl groups is 1. The Morgan fingerprint density at radius 1 is 1.19 bits per heavy atom. The summed E-state index contributed by atoms with van der Waals surface area (Å²) in [4.78, 5) is 11.5. The molecule has 0 bridgehead atoms. The fourth-order valence-electron chi connectivity index (χ4n) is 1.82. The average molecular weight is 279 g/mol. The van der Waals surface area contributed by atoms with E-state index in [0.717, 1.165) is 5.56 Å². The molecule has 0 spiro atoms. The van der Waals surface area contributed by atoms with Crippen molar-refractivity contribution in [1.29, 1.82) is 5.26 Å². The van der Waals surface area contributed by atoms with Gasteiger partial charge < -0.3 is 5.11 Å². The van der Waals surface area contributed by atoms with Gasteiger partial charge in [0, 0.05) is 0 Å². The maximum absolute atomic E-state index is 11.5. The molecule has 0 aliphatic heterocycles. The number of carbonyl (C=O) groups is 1. The van der Waals surface area contributed by atoms with E-state index in [9.17, 15) is 9.90 Å². The highest BCUT2D eigenvalue weighted by molar-refractivity contribution is 5.98. The standard InChI is InChI=1S/C16H13N3O2/c1-10-7-14(11(2)20)16(21)15(8-10)19-18-13-5-3-12(9-17)4-6-13/h3-8,21H,1-2H3. The van der Waals surface area contributed by atoms with Gasteiger partial charge >= 0.3 is 0 Å². The third-order valence-electron chi connectivity index (χ3n) is 2.88. The molecular formula is C16H13N3O2. The predicted octanol–water partition coefficient (Wildman–Crippen LogP) is 4.19. The summed E-state index contributed by atoms with van der Waals surface area (Å²) in [5, 5.41) is 26.7. The summed E-state index contributed by atoms with van der Waals surface area (Å²) in [6.07, 6.45) is 0. The van der Waals surface area contributed by atoms with E-state index < -0.39 is 0 Å². The van der Waals surface area contributed by atoms with E-state index in [4.69, 9.17) is 5.26 Å². The van der Waals surface area contributed by atoms with Crippen LogP contribution < -0.4 is 0 Å². The summed E-state index contributed by atoms with van der Waals surface area (Å²) < 4.78 is 0. The number of phenolic OH excluding ortho intramolecular Hbond substituents is 1. The van der Waals surface area contributed by atoms with Crippen LogP contribution in [0.3, 0.4) is 0 Å². The zero-order chi connectivity index (χ0) is 15.4. The normalized spacial score (nSPS) is 10.5. The quantitative estimate of drug-likeness (QED) is 0.675. The molecule has 5 heteroatoms. The van der Waals surface area contributed by atoms with E-state index in [-0.39, 0.29) is 22.8 Å². The third kappa shape index (κ3) is 3.31. The van der Waals surface area contributed by atoms with Crippen molar-refractivity contribution in [2.45, 2.75) is 13.8 Å². The topological polar surface area (TPSA) is 85.8 Å². The van der Waals surface area contributed by atoms with Crippen molar-refractivity contribution in [1.82, 2.24) is 0 Å². The number of hydrogen-bond acceptors (Lipinski definition) is 5. The van der Waals surface area contributed by atoms with E-state index in [2.05, 4.69) is 10.2 Å². The molecule has 0 saturated carbocycles. The number of hydrogen-bond donors (Lipinski definition) is 1. The Hall–Kier alpha value is -3.00. The molecule has 2 rings (SSSR count). The average Bonchev–Trinajstić information content (AvgIpc) is 2.48. The minimum Gasteiger partial charge on any atom is -0.505 e. The summed E-state index contributed by atoms with van der Waals surface area (Å²) in [6.45, 7) is 3.20. The molecule has 0 atom stereocenters. The van der Waals surface area contributed by atoms with Crippen molar-refractivity contribution in [3.8, 4) is 11.8 Å². The Kier molecular flexibility index (Phi) is 4.10. The third-order valence-corrected chi connectivity index (χ3v) is 2.88. The second kappa shape index (κ2) is 5.97. The maximum Gasteiger partial charge on any atom is 0.163 e. The first-order valence-corrected chi connectivity index (χ1v) is 6.27. The first-order valence-electron chi connectivity index (χ1n) is 6.27. The second-order valence-electron chi connectivity index (χ2n) is 4.60. The Labute approximate surface area is 122 Å². The molecule has 1 N–H and O–H groups in total. The molecule has 0 radical (unpaired) electrons. The molecule has 2 aromatic rings. The van der Waals surface area contributed by atoms with Crippen molar-refractivity contribution in [2.75, 3.05) is 0 Å². The Balaban J connectivity index is 2.36. The molecule has 2 aromatic carbocycles. The van der Waals surface area contributed by atoms with E-state index in [1.165, 1.54) is 6.92 Å². The van der Waals surface area contributed by atoms with Gasteiger partial charge in [0.15, 0.2) is 11.5 Å². The molecular weight excluding hydrogens is 266 g/mol. The largest absolute Gasteiger partial charge is 0.505 e. The highest BCUT2D eigenvalue weighted by Gasteiger charge is 2.12. The van der Waals surface area contributed by atoms with Crippen molar-refractivity contribution < 1.29 is 9.90 Å². The van der Waals surface area contributed by atoms with Gasteiger partial charge in [-0.05, 0) is 55.8 Å². The SMILES string of the molecule is CC(=O)c1cc(C)cc(N=Nc2ccc(C#N)cc2)c1O. The molecule has 0 amide bonds. The monoisotopic (exact) mass is 279 g/mol. The van der Waals surface area contributed by atoms with Crippen LogP contribution in [0.15, 0.2) is 46.6 Å². The number of carbonyl (C=O) groups excluding carboxylic acids is 1. The van der Waals surface area contributed by atoms with Crippen LogP contribution in [0.25, 0.3) is 0 Å². The van der Waals surface area contributed by atoms with Crippen LogP contribution in [0.5, 0.6) is 5.75 Å². The van der Waals surface area contributed by atoms with Crippen molar-refractivity contribution in [3.63, 3.8) is 0 Å². The Morgan fingerprint density at radius 2 is 1.86 bits per heavy atom. The molecule has 0 fully saturated rings. The predicted molar refractivity (Wildman–Crippen MR) is 78.2 cm³/mol. The number of azo groups is 1. The van der Waals surface area contributed by atoms with Gasteiger partial charge in [0.05, 0.1) is 22.9 Å². The second-order valence-corrected chi connectivity index (χ2v) is 4.60. The fraction of sp³-hybridized carbons (Fsp3) is 0.125. The van der Waals surface area contributed by atoms with E-state index in [1.54, 1.807) is 36.4 Å². The lowest BCUT2D eigenvalue weighted by Gasteiger charge is -2.05. The first-order chi connectivity index (χ1) is 10.0. The first kappa shape index (κ1) is 14.4. The van der Waals surface area contributed by atoms with Gasteiger partial charge in [0.25, 0.3) is 0 Å². The van der Waals surface area contributed by atoms with Gasteiger partial charge in [-0.3, -0.25) is 4.79 Å². The number of ketones is 1. The Bertz CT molecular complexity index is 756. The van der Waals surface area contributed by atoms with Crippen LogP contribution >= 0.6 is 0 Å². The minimum absolute atomic E-state index is 0.175. The molecule has 0 unspecified atom stereocenters. The molecule has 21 heavy (non-hydrogen) atoms. The van der Waals surface area contributed by atoms with Gasteiger partial charge in [-0.25, -0.2) is 0 Å². The van der Waals surface area contributed by atoms with Crippen molar-refractivity contribution >= 4 is 17.2 Å². The number of nitriles is 1. The van der Waals surface area contributed by atoms with Crippen molar-refractivity contribution in [3.05, 3.63) is 53.1 Å². The highest BCUT2D eigenvalue weighted by Crippen LogP contribution is 2.33. The van der Waals surface area contributed by atoms with Gasteiger partial charge in [0.1, 0.15) is 5.69 Å². The molecule has 5 nitrogen and oxygen atoms in total. The number of Topliss-reactive ketones (excluding diaryl/α,β-unsaturated/α-hetero) is 1. The van der Waals surface area contributed by atoms with Gasteiger partial charge in [0.2, 0.25) is 0 Å². The van der Waals surface area contributed by atoms with Crippen LogP contribution in [0.4, 0.5) is 11.4 Å². The summed E-state index contributed by atoms with van der Waals surface area (Å²) >= 11 is 0. The van der Waals surface area contributed by atoms with Crippen LogP contribution in [0.2, 0.25) is 0 Å². The summed E-state index contributed by atoms with van der Waals surface area (Å²) in [5.41, 5.74) is 2.37. The van der Waals surface area contributed by atoms with E-state index in [1.807, 2.05) is 13.0 Å². The van der Waals surface area contributed by atoms with E-state index in [0.29, 0.717) is 11.3 Å². The molecule has 0 aromatic heterocycles. The molecule has 0 aliphatic rings. The van der Waals surface area contributed by atoms with Crippen LogP contribution in [0.1, 0.15) is 28.4 Å². The molecule has 0 heterocycles. The maximum atomic E-state index is 11.5. The van der Waals surface area contributed by atoms with Crippen LogP contribution in [-0.4, -0.2) is 10.9 Å². The Morgan fingerprint density at radius 3 is 2.43 bits per heavy atom. The number of aryl methyl sites for hydroxylation is 1. The number of benzene rings is 2. The fourth-order valence-corrected chi connectivity index (χ4v) is 1.82. The van der Waals surface area contributed by atoms with E-state index >= 15 is 0 Å². The number of phenols is 1. The van der Waals surface area contributed by atoms with Gasteiger partial charge in [-0.1, -0.05) is 0 Å². The summed E-state index contributed by atoms with van der Waals surface area (Å²) in [7, 11) is 0. The zero-order valence-corrected chi connectivity index (χ0v) is 11.7. The summed E-state index contributed by atoms with van der Waals surface area (Å²) in [6, 6.07) is 11.8. The molecule has 0 saturated heterocycles.